The minimum Gasteiger partial charge on any atom is -0.149 e. The Hall–Kier alpha value is -0.300. The molecule has 1 rings (SSSR count). The zero-order valence-electron chi connectivity index (χ0n) is 8.05. The van der Waals surface area contributed by atoms with Crippen LogP contribution in [0.15, 0.2) is 17.5 Å². The van der Waals surface area contributed by atoms with Crippen LogP contribution >= 0.6 is 11.3 Å². The molecule has 0 saturated carbocycles. The van der Waals surface area contributed by atoms with Crippen LogP contribution in [0.1, 0.15) is 38.0 Å². The van der Waals surface area contributed by atoms with Crippen LogP contribution in [0, 0.1) is 5.92 Å². The van der Waals surface area contributed by atoms with Crippen LogP contribution in [0.25, 0.3) is 0 Å². The predicted molar refractivity (Wildman–Crippen MR) is 56.7 cm³/mol. The average Bonchev–Trinajstić information content (AvgIpc) is 2.57. The van der Waals surface area contributed by atoms with E-state index in [9.17, 15) is 0 Å². The summed E-state index contributed by atoms with van der Waals surface area (Å²) in [6.45, 7) is 4.62. The third-order valence-corrected chi connectivity index (χ3v) is 3.33. The standard InChI is InChI=1S/C11H18S/c1-3-10(2)6-4-7-11-8-5-9-12-11/h5,8-10H,3-4,6-7H2,1-2H3/t10-/m1/s1. The molecular formula is C11H18S. The molecule has 0 aliphatic rings. The summed E-state index contributed by atoms with van der Waals surface area (Å²) in [4.78, 5) is 1.54. The highest BCUT2D eigenvalue weighted by Crippen LogP contribution is 2.15. The molecule has 0 amide bonds. The van der Waals surface area contributed by atoms with E-state index in [2.05, 4.69) is 31.4 Å². The first-order valence-electron chi connectivity index (χ1n) is 4.85. The number of hydrogen-bond donors (Lipinski definition) is 0. The largest absolute Gasteiger partial charge is 0.149 e. The molecule has 0 saturated heterocycles. The summed E-state index contributed by atoms with van der Waals surface area (Å²) in [7, 11) is 0. The van der Waals surface area contributed by atoms with Crippen LogP contribution in [0.4, 0.5) is 0 Å². The maximum absolute atomic E-state index is 2.34. The Morgan fingerprint density at radius 2 is 2.33 bits per heavy atom. The van der Waals surface area contributed by atoms with Crippen molar-refractivity contribution in [2.45, 2.75) is 39.5 Å². The summed E-state index contributed by atoms with van der Waals surface area (Å²) in [6.07, 6.45) is 5.34. The Bertz CT molecular complexity index is 189. The summed E-state index contributed by atoms with van der Waals surface area (Å²) in [5.41, 5.74) is 0. The second-order valence-corrected chi connectivity index (χ2v) is 4.52. The Morgan fingerprint density at radius 3 is 2.92 bits per heavy atom. The Morgan fingerprint density at radius 1 is 1.50 bits per heavy atom. The summed E-state index contributed by atoms with van der Waals surface area (Å²) >= 11 is 1.88. The lowest BCUT2D eigenvalue weighted by molar-refractivity contribution is 0.497. The Kier molecular flexibility index (Phi) is 4.37. The zero-order chi connectivity index (χ0) is 8.81. The molecule has 0 fully saturated rings. The van der Waals surface area contributed by atoms with E-state index in [4.69, 9.17) is 0 Å². The van der Waals surface area contributed by atoms with Gasteiger partial charge in [-0.3, -0.25) is 0 Å². The highest BCUT2D eigenvalue weighted by molar-refractivity contribution is 7.09. The lowest BCUT2D eigenvalue weighted by atomic mass is 10.0. The molecule has 0 spiro atoms. The SMILES string of the molecule is CC[C@@H](C)CCCc1cccs1. The molecule has 0 unspecified atom stereocenters. The van der Waals surface area contributed by atoms with Gasteiger partial charge in [-0.15, -0.1) is 11.3 Å². The molecule has 1 heterocycles. The van der Waals surface area contributed by atoms with Gasteiger partial charge in [0.2, 0.25) is 0 Å². The predicted octanol–water partition coefficient (Wildman–Crippen LogP) is 4.12. The second-order valence-electron chi connectivity index (χ2n) is 3.49. The summed E-state index contributed by atoms with van der Waals surface area (Å²) < 4.78 is 0. The van der Waals surface area contributed by atoms with Crippen molar-refractivity contribution in [2.24, 2.45) is 5.92 Å². The number of rotatable bonds is 5. The van der Waals surface area contributed by atoms with Gasteiger partial charge in [0.25, 0.3) is 0 Å². The molecule has 12 heavy (non-hydrogen) atoms. The average molecular weight is 182 g/mol. The van der Waals surface area contributed by atoms with E-state index in [-0.39, 0.29) is 0 Å². The molecule has 0 N–H and O–H groups in total. The molecule has 68 valence electrons. The van der Waals surface area contributed by atoms with Crippen LogP contribution in [0.5, 0.6) is 0 Å². The van der Waals surface area contributed by atoms with E-state index >= 15 is 0 Å². The van der Waals surface area contributed by atoms with E-state index in [1.807, 2.05) is 11.3 Å². The first-order valence-corrected chi connectivity index (χ1v) is 5.73. The fraction of sp³-hybridized carbons (Fsp3) is 0.636. The van der Waals surface area contributed by atoms with Gasteiger partial charge in [0.1, 0.15) is 0 Å². The minimum absolute atomic E-state index is 0.907. The van der Waals surface area contributed by atoms with Crippen molar-refractivity contribution in [3.05, 3.63) is 22.4 Å². The van der Waals surface area contributed by atoms with Crippen molar-refractivity contribution in [2.75, 3.05) is 0 Å². The summed E-state index contributed by atoms with van der Waals surface area (Å²) in [5, 5.41) is 2.17. The van der Waals surface area contributed by atoms with Crippen molar-refractivity contribution >= 4 is 11.3 Å². The van der Waals surface area contributed by atoms with E-state index in [0.717, 1.165) is 5.92 Å². The van der Waals surface area contributed by atoms with Crippen LogP contribution in [-0.4, -0.2) is 0 Å². The monoisotopic (exact) mass is 182 g/mol. The molecule has 1 atom stereocenters. The van der Waals surface area contributed by atoms with E-state index in [1.165, 1.54) is 25.7 Å². The first-order chi connectivity index (χ1) is 5.83. The maximum atomic E-state index is 2.34. The van der Waals surface area contributed by atoms with Crippen molar-refractivity contribution in [1.29, 1.82) is 0 Å². The van der Waals surface area contributed by atoms with Gasteiger partial charge in [0.05, 0.1) is 0 Å². The quantitative estimate of drug-likeness (QED) is 0.642. The van der Waals surface area contributed by atoms with Gasteiger partial charge in [-0.2, -0.15) is 0 Å². The van der Waals surface area contributed by atoms with Crippen molar-refractivity contribution < 1.29 is 0 Å². The van der Waals surface area contributed by atoms with Gasteiger partial charge in [-0.25, -0.2) is 0 Å². The van der Waals surface area contributed by atoms with E-state index in [1.54, 1.807) is 4.88 Å². The molecule has 1 aromatic rings. The zero-order valence-corrected chi connectivity index (χ0v) is 8.86. The normalized spacial score (nSPS) is 13.2. The highest BCUT2D eigenvalue weighted by Gasteiger charge is 1.99. The molecule has 0 aliphatic heterocycles. The smallest absolute Gasteiger partial charge is 0.00452 e. The van der Waals surface area contributed by atoms with Crippen LogP contribution in [0.3, 0.4) is 0 Å². The number of aryl methyl sites for hydroxylation is 1. The second kappa shape index (κ2) is 5.36. The Balaban J connectivity index is 2.11. The van der Waals surface area contributed by atoms with Crippen molar-refractivity contribution in [3.8, 4) is 0 Å². The third kappa shape index (κ3) is 3.40. The fourth-order valence-corrected chi connectivity index (χ4v) is 2.03. The number of hydrogen-bond acceptors (Lipinski definition) is 1. The number of thiophene rings is 1. The van der Waals surface area contributed by atoms with Crippen LogP contribution < -0.4 is 0 Å². The fourth-order valence-electron chi connectivity index (χ4n) is 1.28. The summed E-state index contributed by atoms with van der Waals surface area (Å²) in [6, 6.07) is 4.38. The topological polar surface area (TPSA) is 0 Å². The van der Waals surface area contributed by atoms with Gasteiger partial charge in [0.15, 0.2) is 0 Å². The third-order valence-electron chi connectivity index (χ3n) is 2.40. The minimum atomic E-state index is 0.907. The van der Waals surface area contributed by atoms with Crippen molar-refractivity contribution in [1.82, 2.24) is 0 Å². The lowest BCUT2D eigenvalue weighted by Gasteiger charge is -2.06. The van der Waals surface area contributed by atoms with E-state index < -0.39 is 0 Å². The van der Waals surface area contributed by atoms with Crippen molar-refractivity contribution in [3.63, 3.8) is 0 Å². The molecule has 0 bridgehead atoms. The lowest BCUT2D eigenvalue weighted by Crippen LogP contribution is -1.92. The van der Waals surface area contributed by atoms with Crippen LogP contribution in [0.2, 0.25) is 0 Å². The van der Waals surface area contributed by atoms with E-state index in [0.29, 0.717) is 0 Å². The van der Waals surface area contributed by atoms with Gasteiger partial charge >= 0.3 is 0 Å². The first kappa shape index (κ1) is 9.79. The molecule has 1 aromatic heterocycles. The Labute approximate surface area is 79.6 Å². The van der Waals surface area contributed by atoms with Gasteiger partial charge in [-0.1, -0.05) is 32.8 Å². The molecular weight excluding hydrogens is 164 g/mol. The molecule has 0 aliphatic carbocycles. The highest BCUT2D eigenvalue weighted by atomic mass is 32.1. The van der Waals surface area contributed by atoms with Gasteiger partial charge in [0, 0.05) is 4.88 Å². The molecule has 0 radical (unpaired) electrons. The molecule has 1 heteroatoms. The molecule has 0 nitrogen and oxygen atoms in total. The van der Waals surface area contributed by atoms with Gasteiger partial charge in [-0.05, 0) is 30.2 Å². The maximum Gasteiger partial charge on any atom is 0.00452 e. The van der Waals surface area contributed by atoms with Crippen LogP contribution in [-0.2, 0) is 6.42 Å². The summed E-state index contributed by atoms with van der Waals surface area (Å²) in [5.74, 6) is 0.907. The molecule has 0 aromatic carbocycles. The van der Waals surface area contributed by atoms with Gasteiger partial charge < -0.3 is 0 Å².